The zero-order chi connectivity index (χ0) is 18.9. The van der Waals surface area contributed by atoms with E-state index in [2.05, 4.69) is 22.3 Å². The van der Waals surface area contributed by atoms with Gasteiger partial charge in [0.2, 0.25) is 5.91 Å². The molecule has 0 aliphatic carbocycles. The topological polar surface area (TPSA) is 87.9 Å². The van der Waals surface area contributed by atoms with Crippen LogP contribution >= 0.6 is 11.8 Å². The Morgan fingerprint density at radius 1 is 1.23 bits per heavy atom. The number of thioether (sulfide) groups is 1. The molecule has 7 nitrogen and oxygen atoms in total. The standard InChI is InChI=1S/C18H28N4O3S/c1-25-15-5-3-14(4-6-15)13-21-8-10-22(11-9-21)17(23)16(7-12-26-2)20-18(19)24/h3-6,16H,7-13H2,1-2H3,(H3,19,20,24)/t16-/m1/s1. The lowest BCUT2D eigenvalue weighted by molar-refractivity contribution is -0.135. The Morgan fingerprint density at radius 2 is 1.88 bits per heavy atom. The Hall–Kier alpha value is -1.93. The van der Waals surface area contributed by atoms with Crippen LogP contribution in [0.5, 0.6) is 5.75 Å². The number of ether oxygens (including phenoxy) is 1. The van der Waals surface area contributed by atoms with Gasteiger partial charge in [-0.15, -0.1) is 0 Å². The van der Waals surface area contributed by atoms with Crippen molar-refractivity contribution >= 4 is 23.7 Å². The average molecular weight is 381 g/mol. The predicted octanol–water partition coefficient (Wildman–Crippen LogP) is 1.13. The molecule has 2 rings (SSSR count). The fraction of sp³-hybridized carbons (Fsp3) is 0.556. The molecule has 1 aliphatic heterocycles. The quantitative estimate of drug-likeness (QED) is 0.706. The van der Waals surface area contributed by atoms with Gasteiger partial charge in [-0.1, -0.05) is 12.1 Å². The summed E-state index contributed by atoms with van der Waals surface area (Å²) in [5, 5.41) is 2.58. The fourth-order valence-corrected chi connectivity index (χ4v) is 3.47. The summed E-state index contributed by atoms with van der Waals surface area (Å²) in [6.45, 7) is 3.78. The van der Waals surface area contributed by atoms with Crippen molar-refractivity contribution in [2.45, 2.75) is 19.0 Å². The molecule has 0 saturated carbocycles. The third-order valence-electron chi connectivity index (χ3n) is 4.47. The lowest BCUT2D eigenvalue weighted by atomic mass is 10.1. The summed E-state index contributed by atoms with van der Waals surface area (Å²) < 4.78 is 5.18. The molecule has 1 aliphatic rings. The molecular formula is C18H28N4O3S. The van der Waals surface area contributed by atoms with Gasteiger partial charge in [0.15, 0.2) is 0 Å². The van der Waals surface area contributed by atoms with Crippen molar-refractivity contribution in [2.75, 3.05) is 45.3 Å². The van der Waals surface area contributed by atoms with E-state index < -0.39 is 12.1 Å². The van der Waals surface area contributed by atoms with Crippen molar-refractivity contribution in [1.82, 2.24) is 15.1 Å². The summed E-state index contributed by atoms with van der Waals surface area (Å²) >= 11 is 1.65. The van der Waals surface area contributed by atoms with Crippen LogP contribution < -0.4 is 15.8 Å². The molecule has 1 fully saturated rings. The zero-order valence-corrected chi connectivity index (χ0v) is 16.3. The second kappa shape index (κ2) is 10.3. The van der Waals surface area contributed by atoms with Crippen molar-refractivity contribution in [1.29, 1.82) is 0 Å². The van der Waals surface area contributed by atoms with Gasteiger partial charge in [0, 0.05) is 32.7 Å². The molecule has 1 saturated heterocycles. The number of nitrogens with zero attached hydrogens (tertiary/aromatic N) is 2. The second-order valence-electron chi connectivity index (χ2n) is 6.29. The molecule has 8 heteroatoms. The molecule has 144 valence electrons. The smallest absolute Gasteiger partial charge is 0.312 e. The minimum absolute atomic E-state index is 0.0399. The summed E-state index contributed by atoms with van der Waals surface area (Å²) in [4.78, 5) is 28.0. The monoisotopic (exact) mass is 380 g/mol. The van der Waals surface area contributed by atoms with E-state index in [-0.39, 0.29) is 5.91 Å². The molecule has 1 aromatic rings. The summed E-state index contributed by atoms with van der Waals surface area (Å²) in [6, 6.07) is 6.86. The van der Waals surface area contributed by atoms with Gasteiger partial charge in [0.1, 0.15) is 11.8 Å². The third kappa shape index (κ3) is 6.10. The lowest BCUT2D eigenvalue weighted by Crippen LogP contribution is -2.55. The number of methoxy groups -OCH3 is 1. The van der Waals surface area contributed by atoms with Gasteiger partial charge in [-0.2, -0.15) is 11.8 Å². The number of carbonyl (C=O) groups is 2. The minimum atomic E-state index is -0.650. The molecule has 0 bridgehead atoms. The van der Waals surface area contributed by atoms with Crippen molar-refractivity contribution in [3.8, 4) is 5.75 Å². The normalized spacial score (nSPS) is 16.2. The van der Waals surface area contributed by atoms with Crippen molar-refractivity contribution in [3.05, 3.63) is 29.8 Å². The van der Waals surface area contributed by atoms with E-state index in [9.17, 15) is 9.59 Å². The SMILES string of the molecule is COc1ccc(CN2CCN(C(=O)[C@@H](CCSC)NC(N)=O)CC2)cc1. The van der Waals surface area contributed by atoms with Gasteiger partial charge < -0.3 is 20.7 Å². The first-order chi connectivity index (χ1) is 12.5. The first kappa shape index (κ1) is 20.4. The summed E-state index contributed by atoms with van der Waals surface area (Å²) in [6.07, 6.45) is 2.57. The number of hydrogen-bond acceptors (Lipinski definition) is 5. The number of benzene rings is 1. The maximum atomic E-state index is 12.7. The van der Waals surface area contributed by atoms with Gasteiger partial charge in [0.25, 0.3) is 0 Å². The van der Waals surface area contributed by atoms with Crippen LogP contribution in [-0.2, 0) is 11.3 Å². The van der Waals surface area contributed by atoms with Crippen LogP contribution in [-0.4, -0.2) is 73.1 Å². The molecule has 26 heavy (non-hydrogen) atoms. The van der Waals surface area contributed by atoms with Gasteiger partial charge in [-0.25, -0.2) is 4.79 Å². The van der Waals surface area contributed by atoms with Crippen molar-refractivity contribution in [3.63, 3.8) is 0 Å². The first-order valence-electron chi connectivity index (χ1n) is 8.72. The fourth-order valence-electron chi connectivity index (χ4n) is 3.00. The van der Waals surface area contributed by atoms with Crippen molar-refractivity contribution < 1.29 is 14.3 Å². The highest BCUT2D eigenvalue weighted by Crippen LogP contribution is 2.15. The molecule has 3 N–H and O–H groups in total. The van der Waals surface area contributed by atoms with Gasteiger partial charge >= 0.3 is 6.03 Å². The number of piperazine rings is 1. The van der Waals surface area contributed by atoms with Crippen LogP contribution in [0.2, 0.25) is 0 Å². The molecule has 1 atom stereocenters. The second-order valence-corrected chi connectivity index (χ2v) is 7.28. The van der Waals surface area contributed by atoms with Gasteiger partial charge in [-0.05, 0) is 36.1 Å². The number of hydrogen-bond donors (Lipinski definition) is 2. The number of urea groups is 1. The highest BCUT2D eigenvalue weighted by Gasteiger charge is 2.27. The van der Waals surface area contributed by atoms with Gasteiger partial charge in [0.05, 0.1) is 7.11 Å². The number of rotatable bonds is 8. The van der Waals surface area contributed by atoms with E-state index in [0.29, 0.717) is 19.5 Å². The number of amides is 3. The molecule has 0 aromatic heterocycles. The number of carbonyl (C=O) groups excluding carboxylic acids is 2. The Kier molecular flexibility index (Phi) is 8.06. The van der Waals surface area contributed by atoms with E-state index in [4.69, 9.17) is 10.5 Å². The minimum Gasteiger partial charge on any atom is -0.497 e. The van der Waals surface area contributed by atoms with E-state index in [1.165, 1.54) is 5.56 Å². The molecule has 3 amide bonds. The summed E-state index contributed by atoms with van der Waals surface area (Å²) in [7, 11) is 1.66. The van der Waals surface area contributed by atoms with E-state index in [1.54, 1.807) is 18.9 Å². The Morgan fingerprint density at radius 3 is 2.42 bits per heavy atom. The van der Waals surface area contributed by atoms with Crippen LogP contribution in [0.25, 0.3) is 0 Å². The molecule has 0 radical (unpaired) electrons. The average Bonchev–Trinajstić information content (AvgIpc) is 2.65. The summed E-state index contributed by atoms with van der Waals surface area (Å²) in [5.74, 6) is 1.61. The van der Waals surface area contributed by atoms with Crippen LogP contribution in [0.3, 0.4) is 0 Å². The first-order valence-corrected chi connectivity index (χ1v) is 10.1. The van der Waals surface area contributed by atoms with E-state index >= 15 is 0 Å². The van der Waals surface area contributed by atoms with Crippen LogP contribution in [0.1, 0.15) is 12.0 Å². The lowest BCUT2D eigenvalue weighted by Gasteiger charge is -2.36. The number of primary amides is 1. The molecule has 1 aromatic carbocycles. The molecule has 1 heterocycles. The van der Waals surface area contributed by atoms with Crippen LogP contribution in [0.15, 0.2) is 24.3 Å². The Balaban J connectivity index is 1.85. The molecule has 0 unspecified atom stereocenters. The number of nitrogens with two attached hydrogens (primary N) is 1. The molecule has 0 spiro atoms. The third-order valence-corrected chi connectivity index (χ3v) is 5.12. The summed E-state index contributed by atoms with van der Waals surface area (Å²) in [5.41, 5.74) is 6.44. The Labute approximate surface area is 159 Å². The maximum Gasteiger partial charge on any atom is 0.312 e. The maximum absolute atomic E-state index is 12.7. The molecular weight excluding hydrogens is 352 g/mol. The zero-order valence-electron chi connectivity index (χ0n) is 15.4. The largest absolute Gasteiger partial charge is 0.497 e. The Bertz CT molecular complexity index is 589. The number of nitrogens with one attached hydrogen (secondary N) is 1. The van der Waals surface area contributed by atoms with Crippen LogP contribution in [0.4, 0.5) is 4.79 Å². The van der Waals surface area contributed by atoms with Crippen molar-refractivity contribution in [2.24, 2.45) is 5.73 Å². The highest BCUT2D eigenvalue weighted by molar-refractivity contribution is 7.98. The van der Waals surface area contributed by atoms with E-state index in [0.717, 1.165) is 31.1 Å². The van der Waals surface area contributed by atoms with E-state index in [1.807, 2.05) is 23.3 Å². The van der Waals surface area contributed by atoms with Crippen LogP contribution in [0, 0.1) is 0 Å². The highest BCUT2D eigenvalue weighted by atomic mass is 32.2. The van der Waals surface area contributed by atoms with Gasteiger partial charge in [-0.3, -0.25) is 9.69 Å². The predicted molar refractivity (Wildman–Crippen MR) is 104 cm³/mol.